The Labute approximate surface area is 156 Å². The molecule has 4 aliphatic carbocycles. The molecule has 4 aliphatic rings. The summed E-state index contributed by atoms with van der Waals surface area (Å²) in [5.74, 6) is 2.04. The van der Waals surface area contributed by atoms with Gasteiger partial charge in [0.2, 0.25) is 5.91 Å². The van der Waals surface area contributed by atoms with E-state index in [4.69, 9.17) is 0 Å². The fraction of sp³-hybridized carbons (Fsp3) is 0.636. The molecule has 1 aromatic carbocycles. The van der Waals surface area contributed by atoms with Crippen molar-refractivity contribution in [1.29, 1.82) is 0 Å². The Balaban J connectivity index is 1.59. The average Bonchev–Trinajstić information content (AvgIpc) is 2.57. The van der Waals surface area contributed by atoms with Gasteiger partial charge >= 0.3 is 0 Å². The van der Waals surface area contributed by atoms with Crippen LogP contribution in [0.3, 0.4) is 0 Å². The molecule has 4 fully saturated rings. The molecule has 2 amide bonds. The summed E-state index contributed by atoms with van der Waals surface area (Å²) in [5.41, 5.74) is 2.81. The second-order valence-corrected chi connectivity index (χ2v) is 9.82. The lowest BCUT2D eigenvalue weighted by molar-refractivity contribution is -0.166. The lowest BCUT2D eigenvalue weighted by atomic mass is 9.49. The van der Waals surface area contributed by atoms with Gasteiger partial charge in [0.05, 0.1) is 11.0 Å². The van der Waals surface area contributed by atoms with E-state index in [1.807, 2.05) is 39.0 Å². The second kappa shape index (κ2) is 6.11. The minimum absolute atomic E-state index is 0.133. The summed E-state index contributed by atoms with van der Waals surface area (Å²) in [6.45, 7) is 5.99. The molecule has 0 heterocycles. The molecule has 1 N–H and O–H groups in total. The van der Waals surface area contributed by atoms with Gasteiger partial charge in [0.25, 0.3) is 5.91 Å². The van der Waals surface area contributed by atoms with E-state index >= 15 is 0 Å². The van der Waals surface area contributed by atoms with Crippen LogP contribution >= 0.6 is 0 Å². The summed E-state index contributed by atoms with van der Waals surface area (Å²) in [6.07, 6.45) is 6.93. The SMILES string of the molecule is CC(C)(C)N(NC(=O)c1ccccc1)C(=O)C12CC3CC(CC(C3)C1)C2. The van der Waals surface area contributed by atoms with Gasteiger partial charge in [0.1, 0.15) is 0 Å². The first-order valence-corrected chi connectivity index (χ1v) is 9.97. The third kappa shape index (κ3) is 3.04. The molecule has 0 saturated heterocycles. The number of nitrogens with one attached hydrogen (secondary N) is 1. The van der Waals surface area contributed by atoms with E-state index < -0.39 is 5.54 Å². The standard InChI is InChI=1S/C22H30N2O2/c1-21(2,3)24(23-19(25)18-7-5-4-6-8-18)20(26)22-12-15-9-16(13-22)11-17(10-15)14-22/h4-8,15-17H,9-14H2,1-3H3,(H,23,25). The van der Waals surface area contributed by atoms with Crippen molar-refractivity contribution >= 4 is 11.8 Å². The van der Waals surface area contributed by atoms with Crippen molar-refractivity contribution in [3.63, 3.8) is 0 Å². The van der Waals surface area contributed by atoms with Crippen molar-refractivity contribution in [1.82, 2.24) is 10.4 Å². The van der Waals surface area contributed by atoms with Gasteiger partial charge in [-0.15, -0.1) is 0 Å². The summed E-state index contributed by atoms with van der Waals surface area (Å²) in [4.78, 5) is 26.4. The summed E-state index contributed by atoms with van der Waals surface area (Å²) >= 11 is 0. The number of carbonyl (C=O) groups excluding carboxylic acids is 2. The number of carbonyl (C=O) groups is 2. The topological polar surface area (TPSA) is 49.4 Å². The number of hydrogen-bond acceptors (Lipinski definition) is 2. The summed E-state index contributed by atoms with van der Waals surface area (Å²) in [7, 11) is 0. The van der Waals surface area contributed by atoms with E-state index in [2.05, 4.69) is 5.43 Å². The molecule has 0 atom stereocenters. The zero-order chi connectivity index (χ0) is 18.5. The number of benzene rings is 1. The molecule has 4 bridgehead atoms. The van der Waals surface area contributed by atoms with Crippen molar-refractivity contribution in [2.45, 2.75) is 64.8 Å². The summed E-state index contributed by atoms with van der Waals surface area (Å²) in [6, 6.07) is 9.14. The molecular weight excluding hydrogens is 324 g/mol. The van der Waals surface area contributed by atoms with Crippen LogP contribution in [0.2, 0.25) is 0 Å². The maximum atomic E-state index is 13.7. The molecule has 1 aromatic rings. The fourth-order valence-electron chi connectivity index (χ4n) is 5.89. The minimum Gasteiger partial charge on any atom is -0.272 e. The molecule has 0 aromatic heterocycles. The fourth-order valence-corrected chi connectivity index (χ4v) is 5.89. The average molecular weight is 354 g/mol. The molecule has 5 rings (SSSR count). The van der Waals surface area contributed by atoms with Gasteiger partial charge in [-0.05, 0) is 89.2 Å². The molecule has 4 saturated carbocycles. The van der Waals surface area contributed by atoms with Crippen molar-refractivity contribution in [3.05, 3.63) is 35.9 Å². The number of nitrogens with zero attached hydrogens (tertiary/aromatic N) is 1. The number of hydrogen-bond donors (Lipinski definition) is 1. The Morgan fingerprint density at radius 1 is 0.962 bits per heavy atom. The van der Waals surface area contributed by atoms with E-state index in [1.54, 1.807) is 17.1 Å². The van der Waals surface area contributed by atoms with E-state index in [-0.39, 0.29) is 17.2 Å². The van der Waals surface area contributed by atoms with Gasteiger partial charge in [-0.1, -0.05) is 18.2 Å². The molecular formula is C22H30N2O2. The highest BCUT2D eigenvalue weighted by molar-refractivity contribution is 5.96. The van der Waals surface area contributed by atoms with Crippen LogP contribution in [-0.2, 0) is 4.79 Å². The number of rotatable bonds is 2. The molecule has 0 spiro atoms. The van der Waals surface area contributed by atoms with Gasteiger partial charge in [0, 0.05) is 5.56 Å². The van der Waals surface area contributed by atoms with E-state index in [0.29, 0.717) is 23.3 Å². The quantitative estimate of drug-likeness (QED) is 0.810. The predicted molar refractivity (Wildman–Crippen MR) is 101 cm³/mol. The third-order valence-electron chi connectivity index (χ3n) is 6.62. The lowest BCUT2D eigenvalue weighted by Gasteiger charge is -2.57. The van der Waals surface area contributed by atoms with Gasteiger partial charge in [-0.3, -0.25) is 15.0 Å². The normalized spacial score (nSPS) is 32.3. The molecule has 0 unspecified atom stereocenters. The second-order valence-electron chi connectivity index (χ2n) is 9.82. The smallest absolute Gasteiger partial charge is 0.269 e. The molecule has 4 heteroatoms. The van der Waals surface area contributed by atoms with Crippen LogP contribution in [0.4, 0.5) is 0 Å². The Kier molecular flexibility index (Phi) is 4.13. The molecule has 0 radical (unpaired) electrons. The Morgan fingerprint density at radius 2 is 1.46 bits per heavy atom. The van der Waals surface area contributed by atoms with Crippen LogP contribution in [0.15, 0.2) is 30.3 Å². The highest BCUT2D eigenvalue weighted by Crippen LogP contribution is 2.60. The third-order valence-corrected chi connectivity index (χ3v) is 6.62. The van der Waals surface area contributed by atoms with Crippen LogP contribution in [0.25, 0.3) is 0 Å². The van der Waals surface area contributed by atoms with Crippen molar-refractivity contribution in [3.8, 4) is 0 Å². The van der Waals surface area contributed by atoms with Crippen LogP contribution in [0.1, 0.15) is 69.7 Å². The van der Waals surface area contributed by atoms with Crippen LogP contribution < -0.4 is 5.43 Å². The Hall–Kier alpha value is -1.84. The maximum Gasteiger partial charge on any atom is 0.269 e. The molecule has 140 valence electrons. The van der Waals surface area contributed by atoms with Gasteiger partial charge in [-0.25, -0.2) is 5.01 Å². The zero-order valence-electron chi connectivity index (χ0n) is 16.1. The maximum absolute atomic E-state index is 13.7. The first kappa shape index (κ1) is 17.6. The highest BCUT2D eigenvalue weighted by Gasteiger charge is 2.56. The Bertz CT molecular complexity index is 669. The first-order chi connectivity index (χ1) is 12.3. The van der Waals surface area contributed by atoms with E-state index in [1.165, 1.54) is 19.3 Å². The van der Waals surface area contributed by atoms with Crippen molar-refractivity contribution < 1.29 is 9.59 Å². The van der Waals surface area contributed by atoms with E-state index in [9.17, 15) is 9.59 Å². The molecule has 4 nitrogen and oxygen atoms in total. The first-order valence-electron chi connectivity index (χ1n) is 9.97. The lowest BCUT2D eigenvalue weighted by Crippen LogP contribution is -2.63. The molecule has 26 heavy (non-hydrogen) atoms. The number of hydrazine groups is 1. The Morgan fingerprint density at radius 3 is 1.92 bits per heavy atom. The predicted octanol–water partition coefficient (Wildman–Crippen LogP) is 4.17. The van der Waals surface area contributed by atoms with Crippen molar-refractivity contribution in [2.24, 2.45) is 23.2 Å². The van der Waals surface area contributed by atoms with Crippen molar-refractivity contribution in [2.75, 3.05) is 0 Å². The van der Waals surface area contributed by atoms with E-state index in [0.717, 1.165) is 19.3 Å². The van der Waals surface area contributed by atoms with Gasteiger partial charge in [0.15, 0.2) is 0 Å². The highest BCUT2D eigenvalue weighted by atomic mass is 16.2. The monoisotopic (exact) mass is 354 g/mol. The van der Waals surface area contributed by atoms with Crippen LogP contribution in [0.5, 0.6) is 0 Å². The van der Waals surface area contributed by atoms with Crippen LogP contribution in [0, 0.1) is 23.2 Å². The van der Waals surface area contributed by atoms with Gasteiger partial charge < -0.3 is 0 Å². The molecule has 0 aliphatic heterocycles. The summed E-state index contributed by atoms with van der Waals surface area (Å²) < 4.78 is 0. The summed E-state index contributed by atoms with van der Waals surface area (Å²) in [5, 5.41) is 1.63. The van der Waals surface area contributed by atoms with Gasteiger partial charge in [-0.2, -0.15) is 0 Å². The largest absolute Gasteiger partial charge is 0.272 e. The number of amides is 2. The van der Waals surface area contributed by atoms with Crippen LogP contribution in [-0.4, -0.2) is 22.4 Å². The zero-order valence-corrected chi connectivity index (χ0v) is 16.1. The minimum atomic E-state index is -0.454.